The van der Waals surface area contributed by atoms with Crippen molar-refractivity contribution in [1.82, 2.24) is 0 Å². The van der Waals surface area contributed by atoms with Crippen molar-refractivity contribution in [2.45, 2.75) is 33.6 Å². The summed E-state index contributed by atoms with van der Waals surface area (Å²) in [6.07, 6.45) is 2.50. The Labute approximate surface area is 119 Å². The van der Waals surface area contributed by atoms with Crippen LogP contribution in [-0.4, -0.2) is 13.1 Å². The van der Waals surface area contributed by atoms with E-state index in [-0.39, 0.29) is 0 Å². The highest BCUT2D eigenvalue weighted by atomic mass is 127. The first kappa shape index (κ1) is 14.6. The van der Waals surface area contributed by atoms with Gasteiger partial charge < -0.3 is 10.6 Å². The molecule has 17 heavy (non-hydrogen) atoms. The van der Waals surface area contributed by atoms with Crippen LogP contribution in [-0.2, 0) is 0 Å². The van der Waals surface area contributed by atoms with Gasteiger partial charge in [-0.25, -0.2) is 0 Å². The molecule has 2 N–H and O–H groups in total. The molecule has 96 valence electrons. The van der Waals surface area contributed by atoms with Crippen LogP contribution in [0.5, 0.6) is 0 Å². The number of nitrogens with two attached hydrogens (primary N) is 1. The van der Waals surface area contributed by atoms with Crippen LogP contribution in [0, 0.1) is 9.49 Å². The summed E-state index contributed by atoms with van der Waals surface area (Å²) in [7, 11) is 0. The molecule has 3 heteroatoms. The number of halogens is 1. The predicted octanol–water partition coefficient (Wildman–Crippen LogP) is 4.14. The standard InChI is InChI=1S/C14H23IN2/c1-4-11(5-2)10-17(6-3)14-8-7-12(16)9-13(14)15/h7-9,11H,4-6,10,16H2,1-3H3. The van der Waals surface area contributed by atoms with Crippen LogP contribution in [0.2, 0.25) is 0 Å². The molecule has 0 fully saturated rings. The van der Waals surface area contributed by atoms with Gasteiger partial charge in [0.1, 0.15) is 0 Å². The van der Waals surface area contributed by atoms with E-state index in [1.807, 2.05) is 12.1 Å². The van der Waals surface area contributed by atoms with Gasteiger partial charge in [-0.3, -0.25) is 0 Å². The first-order chi connectivity index (χ1) is 8.12. The molecule has 0 radical (unpaired) electrons. The van der Waals surface area contributed by atoms with Gasteiger partial charge >= 0.3 is 0 Å². The number of hydrogen-bond acceptors (Lipinski definition) is 2. The van der Waals surface area contributed by atoms with E-state index in [9.17, 15) is 0 Å². The first-order valence-electron chi connectivity index (χ1n) is 6.42. The summed E-state index contributed by atoms with van der Waals surface area (Å²) >= 11 is 2.37. The van der Waals surface area contributed by atoms with Crippen LogP contribution < -0.4 is 10.6 Å². The third-order valence-corrected chi connectivity index (χ3v) is 4.19. The summed E-state index contributed by atoms with van der Waals surface area (Å²) < 4.78 is 1.25. The zero-order chi connectivity index (χ0) is 12.8. The molecule has 1 aromatic rings. The van der Waals surface area contributed by atoms with Crippen molar-refractivity contribution in [3.63, 3.8) is 0 Å². The Morgan fingerprint density at radius 3 is 2.35 bits per heavy atom. The van der Waals surface area contributed by atoms with E-state index in [2.05, 4.69) is 54.3 Å². The number of nitrogens with zero attached hydrogens (tertiary/aromatic N) is 1. The molecule has 2 nitrogen and oxygen atoms in total. The van der Waals surface area contributed by atoms with Gasteiger partial charge in [0.25, 0.3) is 0 Å². The monoisotopic (exact) mass is 346 g/mol. The average molecular weight is 346 g/mol. The fourth-order valence-corrected chi connectivity index (χ4v) is 2.92. The number of rotatable bonds is 6. The molecule has 0 aliphatic carbocycles. The number of nitrogen functional groups attached to an aromatic ring is 1. The smallest absolute Gasteiger partial charge is 0.0503 e. The first-order valence-corrected chi connectivity index (χ1v) is 7.50. The van der Waals surface area contributed by atoms with E-state index in [1.165, 1.54) is 22.1 Å². The van der Waals surface area contributed by atoms with E-state index in [1.54, 1.807) is 0 Å². The van der Waals surface area contributed by atoms with E-state index >= 15 is 0 Å². The second kappa shape index (κ2) is 7.09. The Kier molecular flexibility index (Phi) is 6.09. The lowest BCUT2D eigenvalue weighted by atomic mass is 10.0. The molecule has 1 rings (SSSR count). The molecule has 0 unspecified atom stereocenters. The van der Waals surface area contributed by atoms with Crippen LogP contribution in [0.25, 0.3) is 0 Å². The quantitative estimate of drug-likeness (QED) is 0.620. The third kappa shape index (κ3) is 4.05. The SMILES string of the molecule is CCC(CC)CN(CC)c1ccc(N)cc1I. The van der Waals surface area contributed by atoms with Crippen molar-refractivity contribution >= 4 is 34.0 Å². The molecule has 0 saturated carbocycles. The normalized spacial score (nSPS) is 10.9. The van der Waals surface area contributed by atoms with Crippen LogP contribution in [0.15, 0.2) is 18.2 Å². The molecule has 0 saturated heterocycles. The number of benzene rings is 1. The van der Waals surface area contributed by atoms with Gasteiger partial charge in [0.2, 0.25) is 0 Å². The Balaban J connectivity index is 2.85. The fourth-order valence-electron chi connectivity index (χ4n) is 2.04. The van der Waals surface area contributed by atoms with E-state index < -0.39 is 0 Å². The van der Waals surface area contributed by atoms with Crippen LogP contribution in [0.1, 0.15) is 33.6 Å². The summed E-state index contributed by atoms with van der Waals surface area (Å²) in [5, 5.41) is 0. The van der Waals surface area contributed by atoms with Gasteiger partial charge in [-0.2, -0.15) is 0 Å². The summed E-state index contributed by atoms with van der Waals surface area (Å²) in [6.45, 7) is 8.96. The second-order valence-corrected chi connectivity index (χ2v) is 5.59. The fraction of sp³-hybridized carbons (Fsp3) is 0.571. The maximum Gasteiger partial charge on any atom is 0.0503 e. The Morgan fingerprint density at radius 1 is 1.24 bits per heavy atom. The van der Waals surface area contributed by atoms with Crippen LogP contribution in [0.4, 0.5) is 11.4 Å². The molecule has 0 aromatic heterocycles. The highest BCUT2D eigenvalue weighted by molar-refractivity contribution is 14.1. The molecule has 0 aliphatic heterocycles. The number of hydrogen-bond donors (Lipinski definition) is 1. The molecular weight excluding hydrogens is 323 g/mol. The minimum Gasteiger partial charge on any atom is -0.399 e. The highest BCUT2D eigenvalue weighted by Crippen LogP contribution is 2.26. The minimum absolute atomic E-state index is 0.781. The van der Waals surface area contributed by atoms with Crippen molar-refractivity contribution in [1.29, 1.82) is 0 Å². The van der Waals surface area contributed by atoms with E-state index in [0.29, 0.717) is 0 Å². The molecule has 1 aromatic carbocycles. The molecule has 0 aliphatic rings. The summed E-state index contributed by atoms with van der Waals surface area (Å²) in [4.78, 5) is 2.46. The Bertz CT molecular complexity index is 348. The maximum absolute atomic E-state index is 5.80. The van der Waals surface area contributed by atoms with Gasteiger partial charge in [-0.15, -0.1) is 0 Å². The lowest BCUT2D eigenvalue weighted by Crippen LogP contribution is -2.29. The van der Waals surface area contributed by atoms with E-state index in [0.717, 1.165) is 24.7 Å². The molecule has 0 spiro atoms. The molecule has 0 heterocycles. The van der Waals surface area contributed by atoms with Crippen LogP contribution in [0.3, 0.4) is 0 Å². The van der Waals surface area contributed by atoms with Gasteiger partial charge in [-0.1, -0.05) is 26.7 Å². The van der Waals surface area contributed by atoms with Crippen molar-refractivity contribution in [3.05, 3.63) is 21.8 Å². The van der Waals surface area contributed by atoms with Gasteiger partial charge in [0.05, 0.1) is 5.69 Å². The summed E-state index contributed by atoms with van der Waals surface area (Å²) in [6, 6.07) is 6.18. The largest absolute Gasteiger partial charge is 0.399 e. The molecule has 0 bridgehead atoms. The minimum atomic E-state index is 0.781. The topological polar surface area (TPSA) is 29.3 Å². The number of anilines is 2. The molecule has 0 atom stereocenters. The highest BCUT2D eigenvalue weighted by Gasteiger charge is 2.13. The molecular formula is C14H23IN2. The zero-order valence-electron chi connectivity index (χ0n) is 11.0. The zero-order valence-corrected chi connectivity index (χ0v) is 13.2. The van der Waals surface area contributed by atoms with E-state index in [4.69, 9.17) is 5.73 Å². The lowest BCUT2D eigenvalue weighted by Gasteiger charge is -2.28. The van der Waals surface area contributed by atoms with Crippen molar-refractivity contribution in [2.75, 3.05) is 23.7 Å². The van der Waals surface area contributed by atoms with Crippen molar-refractivity contribution in [3.8, 4) is 0 Å². The third-order valence-electron chi connectivity index (χ3n) is 3.33. The second-order valence-electron chi connectivity index (χ2n) is 4.43. The predicted molar refractivity (Wildman–Crippen MR) is 85.5 cm³/mol. The summed E-state index contributed by atoms with van der Waals surface area (Å²) in [5.74, 6) is 0.781. The van der Waals surface area contributed by atoms with Gasteiger partial charge in [0.15, 0.2) is 0 Å². The maximum atomic E-state index is 5.80. The van der Waals surface area contributed by atoms with Crippen LogP contribution >= 0.6 is 22.6 Å². The Morgan fingerprint density at radius 2 is 1.88 bits per heavy atom. The molecule has 0 amide bonds. The lowest BCUT2D eigenvalue weighted by molar-refractivity contribution is 0.486. The average Bonchev–Trinajstić information content (AvgIpc) is 2.32. The van der Waals surface area contributed by atoms with Gasteiger partial charge in [-0.05, 0) is 53.6 Å². The summed E-state index contributed by atoms with van der Waals surface area (Å²) in [5.41, 5.74) is 7.96. The van der Waals surface area contributed by atoms with Gasteiger partial charge in [0, 0.05) is 22.3 Å². The Hall–Kier alpha value is -0.450. The van der Waals surface area contributed by atoms with Crippen molar-refractivity contribution < 1.29 is 0 Å². The van der Waals surface area contributed by atoms with Crippen molar-refractivity contribution in [2.24, 2.45) is 5.92 Å².